The molecule has 0 radical (unpaired) electrons. The molecule has 1 aliphatic rings. The van der Waals surface area contributed by atoms with Crippen LogP contribution in [0.5, 0.6) is 0 Å². The van der Waals surface area contributed by atoms with E-state index >= 15 is 0 Å². The van der Waals surface area contributed by atoms with E-state index in [0.29, 0.717) is 18.7 Å². The second kappa shape index (κ2) is 5.09. The molecule has 108 valence electrons. The Bertz CT molecular complexity index is 557. The normalized spacial score (nSPS) is 21.9. The maximum atomic E-state index is 12.4. The van der Waals surface area contributed by atoms with E-state index in [4.69, 9.17) is 0 Å². The number of carbonyl (C=O) groups is 1. The van der Waals surface area contributed by atoms with Gasteiger partial charge < -0.3 is 15.3 Å². The molecular weight excluding hydrogens is 262 g/mol. The van der Waals surface area contributed by atoms with Crippen LogP contribution in [-0.2, 0) is 0 Å². The summed E-state index contributed by atoms with van der Waals surface area (Å²) < 4.78 is 0. The van der Waals surface area contributed by atoms with E-state index in [9.17, 15) is 20.0 Å². The van der Waals surface area contributed by atoms with Gasteiger partial charge >= 0.3 is 0 Å². The molecule has 0 bridgehead atoms. The molecule has 0 spiro atoms. The molecule has 20 heavy (non-hydrogen) atoms. The molecule has 0 aromatic heterocycles. The lowest BCUT2D eigenvalue weighted by atomic mass is 10.1. The van der Waals surface area contributed by atoms with Crippen LogP contribution in [0.3, 0.4) is 0 Å². The molecule has 2 rings (SSSR count). The van der Waals surface area contributed by atoms with Gasteiger partial charge in [0.2, 0.25) is 0 Å². The molecule has 1 heterocycles. The van der Waals surface area contributed by atoms with Gasteiger partial charge in [-0.25, -0.2) is 0 Å². The summed E-state index contributed by atoms with van der Waals surface area (Å²) in [5.41, 5.74) is -0.476. The van der Waals surface area contributed by atoms with Crippen molar-refractivity contribution in [1.29, 1.82) is 0 Å². The summed E-state index contributed by atoms with van der Waals surface area (Å²) in [6.45, 7) is 2.23. The Morgan fingerprint density at radius 1 is 1.55 bits per heavy atom. The minimum absolute atomic E-state index is 0.0413. The summed E-state index contributed by atoms with van der Waals surface area (Å²) in [5, 5.41) is 23.8. The molecule has 1 saturated heterocycles. The fourth-order valence-electron chi connectivity index (χ4n) is 2.31. The number of benzene rings is 1. The van der Waals surface area contributed by atoms with Crippen molar-refractivity contribution in [2.24, 2.45) is 0 Å². The SMILES string of the molecule is CNc1ccc([N+](=O)[O-])c(C(=O)N2CCC(C)(O)C2)c1. The molecular formula is C13H17N3O4. The predicted octanol–water partition coefficient (Wildman–Crippen LogP) is 1.23. The number of nitrogens with one attached hydrogen (secondary N) is 1. The van der Waals surface area contributed by atoms with Crippen LogP contribution < -0.4 is 5.32 Å². The lowest BCUT2D eigenvalue weighted by molar-refractivity contribution is -0.385. The number of hydrogen-bond acceptors (Lipinski definition) is 5. The molecule has 0 saturated carbocycles. The number of β-amino-alcohol motifs (C(OH)–C–C–N with tert-alkyl or cyclic N) is 1. The van der Waals surface area contributed by atoms with E-state index in [1.165, 1.54) is 17.0 Å². The summed E-state index contributed by atoms with van der Waals surface area (Å²) >= 11 is 0. The molecule has 0 aliphatic carbocycles. The number of nitrogens with zero attached hydrogens (tertiary/aromatic N) is 2. The molecule has 2 N–H and O–H groups in total. The average molecular weight is 279 g/mol. The van der Waals surface area contributed by atoms with Gasteiger partial charge in [-0.3, -0.25) is 14.9 Å². The lowest BCUT2D eigenvalue weighted by Gasteiger charge is -2.19. The first-order valence-electron chi connectivity index (χ1n) is 6.32. The van der Waals surface area contributed by atoms with Gasteiger partial charge in [0.1, 0.15) is 5.56 Å². The zero-order valence-corrected chi connectivity index (χ0v) is 11.4. The second-order valence-electron chi connectivity index (χ2n) is 5.21. The number of hydrogen-bond donors (Lipinski definition) is 2. The van der Waals surface area contributed by atoms with Crippen LogP contribution in [0, 0.1) is 10.1 Å². The topological polar surface area (TPSA) is 95.7 Å². The van der Waals surface area contributed by atoms with Crippen molar-refractivity contribution in [3.63, 3.8) is 0 Å². The van der Waals surface area contributed by atoms with E-state index < -0.39 is 16.4 Å². The van der Waals surface area contributed by atoms with Crippen molar-refractivity contribution < 1.29 is 14.8 Å². The van der Waals surface area contributed by atoms with Crippen molar-refractivity contribution in [2.45, 2.75) is 18.9 Å². The van der Waals surface area contributed by atoms with E-state index in [-0.39, 0.29) is 17.8 Å². The standard InChI is InChI=1S/C13H17N3O4/c1-13(18)5-6-15(8-13)12(17)10-7-9(14-2)3-4-11(10)16(19)20/h3-4,7,14,18H,5-6,8H2,1-2H3. The largest absolute Gasteiger partial charge is 0.388 e. The Morgan fingerprint density at radius 3 is 2.75 bits per heavy atom. The van der Waals surface area contributed by atoms with Crippen molar-refractivity contribution >= 4 is 17.3 Å². The van der Waals surface area contributed by atoms with Crippen molar-refractivity contribution in [3.05, 3.63) is 33.9 Å². The van der Waals surface area contributed by atoms with Crippen molar-refractivity contribution in [3.8, 4) is 0 Å². The third-order valence-electron chi connectivity index (χ3n) is 3.45. The molecule has 1 fully saturated rings. The predicted molar refractivity (Wildman–Crippen MR) is 73.8 cm³/mol. The average Bonchev–Trinajstić information content (AvgIpc) is 2.77. The quantitative estimate of drug-likeness (QED) is 0.641. The van der Waals surface area contributed by atoms with Gasteiger partial charge in [-0.15, -0.1) is 0 Å². The zero-order chi connectivity index (χ0) is 14.9. The van der Waals surface area contributed by atoms with Gasteiger partial charge in [0.05, 0.1) is 10.5 Å². The first kappa shape index (κ1) is 14.3. The molecule has 1 amide bonds. The number of amides is 1. The Kier molecular flexibility index (Phi) is 3.63. The number of nitro benzene ring substituents is 1. The van der Waals surface area contributed by atoms with Crippen LogP contribution in [0.4, 0.5) is 11.4 Å². The highest BCUT2D eigenvalue weighted by Gasteiger charge is 2.36. The summed E-state index contributed by atoms with van der Waals surface area (Å²) in [5.74, 6) is -0.424. The molecule has 1 atom stereocenters. The number of likely N-dealkylation sites (tertiary alicyclic amines) is 1. The fourth-order valence-corrected chi connectivity index (χ4v) is 2.31. The highest BCUT2D eigenvalue weighted by Crippen LogP contribution is 2.27. The highest BCUT2D eigenvalue weighted by molar-refractivity contribution is 5.99. The van der Waals surface area contributed by atoms with E-state index in [2.05, 4.69) is 5.32 Å². The van der Waals surface area contributed by atoms with Gasteiger partial charge in [0, 0.05) is 31.9 Å². The number of carbonyl (C=O) groups excluding carboxylic acids is 1. The van der Waals surface area contributed by atoms with E-state index in [1.54, 1.807) is 20.0 Å². The fraction of sp³-hybridized carbons (Fsp3) is 0.462. The molecule has 1 aromatic carbocycles. The molecule has 7 heteroatoms. The molecule has 7 nitrogen and oxygen atoms in total. The van der Waals surface area contributed by atoms with Gasteiger partial charge in [-0.05, 0) is 25.5 Å². The van der Waals surface area contributed by atoms with Crippen LogP contribution >= 0.6 is 0 Å². The van der Waals surface area contributed by atoms with Gasteiger partial charge in [-0.2, -0.15) is 0 Å². The Balaban J connectivity index is 2.35. The summed E-state index contributed by atoms with van der Waals surface area (Å²) in [7, 11) is 1.68. The second-order valence-corrected chi connectivity index (χ2v) is 5.21. The monoisotopic (exact) mass is 279 g/mol. The highest BCUT2D eigenvalue weighted by atomic mass is 16.6. The molecule has 1 unspecified atom stereocenters. The smallest absolute Gasteiger partial charge is 0.282 e. The zero-order valence-electron chi connectivity index (χ0n) is 11.4. The third-order valence-corrected chi connectivity index (χ3v) is 3.45. The Labute approximate surface area is 116 Å². The van der Waals surface area contributed by atoms with Crippen molar-refractivity contribution in [1.82, 2.24) is 4.90 Å². The summed E-state index contributed by atoms with van der Waals surface area (Å²) in [6, 6.07) is 4.33. The summed E-state index contributed by atoms with van der Waals surface area (Å²) in [4.78, 5) is 24.3. The Hall–Kier alpha value is -2.15. The maximum Gasteiger partial charge on any atom is 0.282 e. The van der Waals surface area contributed by atoms with Gasteiger partial charge in [0.25, 0.3) is 11.6 Å². The first-order chi connectivity index (χ1) is 9.34. The molecule has 1 aromatic rings. The lowest BCUT2D eigenvalue weighted by Crippen LogP contribution is -2.34. The van der Waals surface area contributed by atoms with Crippen LogP contribution in [0.1, 0.15) is 23.7 Å². The third kappa shape index (κ3) is 2.72. The minimum Gasteiger partial charge on any atom is -0.388 e. The van der Waals surface area contributed by atoms with Crippen LogP contribution in [0.15, 0.2) is 18.2 Å². The first-order valence-corrected chi connectivity index (χ1v) is 6.32. The van der Waals surface area contributed by atoms with Crippen molar-refractivity contribution in [2.75, 3.05) is 25.5 Å². The number of anilines is 1. The van der Waals surface area contributed by atoms with Crippen LogP contribution in [0.2, 0.25) is 0 Å². The number of rotatable bonds is 3. The molecule has 1 aliphatic heterocycles. The number of nitro groups is 1. The summed E-state index contributed by atoms with van der Waals surface area (Å²) in [6.07, 6.45) is 0.470. The van der Waals surface area contributed by atoms with E-state index in [1.807, 2.05) is 0 Å². The van der Waals surface area contributed by atoms with Crippen LogP contribution in [0.25, 0.3) is 0 Å². The van der Waals surface area contributed by atoms with Crippen LogP contribution in [-0.4, -0.2) is 46.6 Å². The maximum absolute atomic E-state index is 12.4. The minimum atomic E-state index is -0.926. The van der Waals surface area contributed by atoms with Gasteiger partial charge in [0.15, 0.2) is 0 Å². The Morgan fingerprint density at radius 2 is 2.25 bits per heavy atom. The number of aliphatic hydroxyl groups is 1. The van der Waals surface area contributed by atoms with E-state index in [0.717, 1.165) is 0 Å². The van der Waals surface area contributed by atoms with Gasteiger partial charge in [-0.1, -0.05) is 0 Å².